The molecule has 0 radical (unpaired) electrons. The van der Waals surface area contributed by atoms with E-state index >= 15 is 0 Å². The first kappa shape index (κ1) is 12.7. The van der Waals surface area contributed by atoms with Gasteiger partial charge in [0.05, 0.1) is 0 Å². The number of sulfone groups is 1. The normalized spacial score (nSPS) is 12.4. The van der Waals surface area contributed by atoms with E-state index in [0.717, 1.165) is 0 Å². The largest absolute Gasteiger partial charge is 0.497 e. The van der Waals surface area contributed by atoms with E-state index in [1.807, 2.05) is 0 Å². The molecule has 0 bridgehead atoms. The molecule has 0 spiro atoms. The lowest BCUT2D eigenvalue weighted by molar-refractivity contribution is -0.0434. The van der Waals surface area contributed by atoms with E-state index in [-0.39, 0.29) is 5.56 Å². The number of hydrogen-bond donors (Lipinski definition) is 0. The van der Waals surface area contributed by atoms with Crippen molar-refractivity contribution in [2.45, 2.75) is 5.51 Å². The Labute approximate surface area is 89.8 Å². The van der Waals surface area contributed by atoms with Gasteiger partial charge in [-0.2, -0.15) is 13.2 Å². The predicted octanol–water partition coefficient (Wildman–Crippen LogP) is 1.80. The van der Waals surface area contributed by atoms with Crippen molar-refractivity contribution in [1.82, 2.24) is 0 Å². The van der Waals surface area contributed by atoms with Gasteiger partial charge in [0.15, 0.2) is 5.78 Å². The molecule has 0 aromatic heterocycles. The van der Waals surface area contributed by atoms with Crippen LogP contribution in [0.15, 0.2) is 30.3 Å². The maximum absolute atomic E-state index is 12.0. The molecule has 0 unspecified atom stereocenters. The molecule has 0 atom stereocenters. The van der Waals surface area contributed by atoms with Gasteiger partial charge in [0.2, 0.25) is 0 Å². The summed E-state index contributed by atoms with van der Waals surface area (Å²) in [4.78, 5) is 11.2. The van der Waals surface area contributed by atoms with Crippen LogP contribution in [0.4, 0.5) is 13.2 Å². The molecule has 88 valence electrons. The van der Waals surface area contributed by atoms with Gasteiger partial charge in [-0.15, -0.1) is 0 Å². The molecule has 7 heteroatoms. The molecule has 0 N–H and O–H groups in total. The molecule has 0 fully saturated rings. The molecule has 0 heterocycles. The summed E-state index contributed by atoms with van der Waals surface area (Å²) in [6.45, 7) is 0. The molecule has 0 aliphatic rings. The Morgan fingerprint density at radius 3 is 2.06 bits per heavy atom. The van der Waals surface area contributed by atoms with Gasteiger partial charge in [0.1, 0.15) is 5.75 Å². The Balaban J connectivity index is 2.89. The number of rotatable bonds is 3. The number of alkyl halides is 3. The second-order valence-electron chi connectivity index (χ2n) is 2.99. The maximum Gasteiger partial charge on any atom is 0.497 e. The zero-order valence-electron chi connectivity index (χ0n) is 7.86. The van der Waals surface area contributed by atoms with Gasteiger partial charge in [0.25, 0.3) is 9.84 Å². The zero-order valence-corrected chi connectivity index (χ0v) is 8.68. The van der Waals surface area contributed by atoms with Crippen molar-refractivity contribution in [3.05, 3.63) is 35.9 Å². The summed E-state index contributed by atoms with van der Waals surface area (Å²) in [5, 5.41) is 0. The highest BCUT2D eigenvalue weighted by molar-refractivity contribution is 7.92. The summed E-state index contributed by atoms with van der Waals surface area (Å²) in [5.74, 6) is -2.63. The van der Waals surface area contributed by atoms with Crippen LogP contribution >= 0.6 is 0 Å². The van der Waals surface area contributed by atoms with Crippen molar-refractivity contribution in [2.75, 3.05) is 5.75 Å². The van der Waals surface area contributed by atoms with Crippen molar-refractivity contribution in [3.63, 3.8) is 0 Å². The molecule has 1 aromatic rings. The van der Waals surface area contributed by atoms with Crippen LogP contribution in [0.5, 0.6) is 0 Å². The molecule has 0 aliphatic carbocycles. The first-order valence-corrected chi connectivity index (χ1v) is 5.76. The molecule has 1 aromatic carbocycles. The molecule has 16 heavy (non-hydrogen) atoms. The molecule has 0 aliphatic heterocycles. The third-order valence-electron chi connectivity index (χ3n) is 1.77. The number of carbonyl (C=O) groups is 1. The molecular formula is C9H7F3O3S. The van der Waals surface area contributed by atoms with Crippen LogP contribution in [0.3, 0.4) is 0 Å². The Hall–Kier alpha value is -1.37. The molecule has 0 saturated carbocycles. The van der Waals surface area contributed by atoms with Gasteiger partial charge in [-0.1, -0.05) is 30.3 Å². The second kappa shape index (κ2) is 4.25. The summed E-state index contributed by atoms with van der Waals surface area (Å²) < 4.78 is 57.3. The third kappa shape index (κ3) is 2.82. The molecule has 1 rings (SSSR count). The van der Waals surface area contributed by atoms with E-state index in [9.17, 15) is 26.4 Å². The molecule has 0 amide bonds. The molecule has 3 nitrogen and oxygen atoms in total. The Morgan fingerprint density at radius 1 is 1.12 bits per heavy atom. The average molecular weight is 252 g/mol. The molecular weight excluding hydrogens is 245 g/mol. The number of ketones is 1. The fraction of sp³-hybridized carbons (Fsp3) is 0.222. The Morgan fingerprint density at radius 2 is 1.62 bits per heavy atom. The monoisotopic (exact) mass is 252 g/mol. The summed E-state index contributed by atoms with van der Waals surface area (Å²) in [5.41, 5.74) is -5.45. The number of hydrogen-bond acceptors (Lipinski definition) is 3. The minimum atomic E-state index is -5.39. The summed E-state index contributed by atoms with van der Waals surface area (Å²) in [6, 6.07) is 6.96. The Kier molecular flexibility index (Phi) is 3.37. The highest BCUT2D eigenvalue weighted by Gasteiger charge is 2.46. The van der Waals surface area contributed by atoms with Gasteiger partial charge in [-0.05, 0) is 0 Å². The lowest BCUT2D eigenvalue weighted by atomic mass is 10.2. The summed E-state index contributed by atoms with van der Waals surface area (Å²) >= 11 is 0. The SMILES string of the molecule is O=C(CS(=O)(=O)C(F)(F)F)c1ccccc1. The van der Waals surface area contributed by atoms with Crippen molar-refractivity contribution in [2.24, 2.45) is 0 Å². The van der Waals surface area contributed by atoms with E-state index in [4.69, 9.17) is 0 Å². The van der Waals surface area contributed by atoms with Crippen LogP contribution in [-0.2, 0) is 9.84 Å². The minimum absolute atomic E-state index is 0.0599. The standard InChI is InChI=1S/C9H7F3O3S/c10-9(11,12)16(14,15)6-8(13)7-4-2-1-3-5-7/h1-5H,6H2. The lowest BCUT2D eigenvalue weighted by Gasteiger charge is -2.06. The first-order valence-electron chi connectivity index (χ1n) is 4.11. The van der Waals surface area contributed by atoms with E-state index < -0.39 is 26.9 Å². The van der Waals surface area contributed by atoms with Crippen LogP contribution in [-0.4, -0.2) is 25.5 Å². The Bertz CT molecular complexity index is 476. The van der Waals surface area contributed by atoms with Crippen molar-refractivity contribution in [1.29, 1.82) is 0 Å². The van der Waals surface area contributed by atoms with Crippen molar-refractivity contribution < 1.29 is 26.4 Å². The number of Topliss-reactive ketones (excluding diaryl/α,β-unsaturated/α-hetero) is 1. The number of halogens is 3. The highest BCUT2D eigenvalue weighted by atomic mass is 32.2. The van der Waals surface area contributed by atoms with Crippen LogP contribution < -0.4 is 0 Å². The van der Waals surface area contributed by atoms with E-state index in [0.29, 0.717) is 0 Å². The zero-order chi connectivity index (χ0) is 12.4. The van der Waals surface area contributed by atoms with Gasteiger partial charge in [0, 0.05) is 5.56 Å². The van der Waals surface area contributed by atoms with Crippen molar-refractivity contribution >= 4 is 15.6 Å². The van der Waals surface area contributed by atoms with Gasteiger partial charge >= 0.3 is 5.51 Å². The van der Waals surface area contributed by atoms with E-state index in [2.05, 4.69) is 0 Å². The van der Waals surface area contributed by atoms with Gasteiger partial charge < -0.3 is 0 Å². The smallest absolute Gasteiger partial charge is 0.293 e. The number of benzene rings is 1. The second-order valence-corrected chi connectivity index (χ2v) is 4.98. The van der Waals surface area contributed by atoms with Gasteiger partial charge in [-0.3, -0.25) is 4.79 Å². The van der Waals surface area contributed by atoms with Crippen LogP contribution in [0.2, 0.25) is 0 Å². The summed E-state index contributed by atoms with van der Waals surface area (Å²) in [6.07, 6.45) is 0. The van der Waals surface area contributed by atoms with Crippen LogP contribution in [0.25, 0.3) is 0 Å². The van der Waals surface area contributed by atoms with Crippen LogP contribution in [0, 0.1) is 0 Å². The quantitative estimate of drug-likeness (QED) is 0.771. The van der Waals surface area contributed by atoms with Crippen molar-refractivity contribution in [3.8, 4) is 0 Å². The maximum atomic E-state index is 12.0. The van der Waals surface area contributed by atoms with Gasteiger partial charge in [-0.25, -0.2) is 8.42 Å². The first-order chi connectivity index (χ1) is 7.24. The van der Waals surface area contributed by atoms with E-state index in [1.165, 1.54) is 24.3 Å². The fourth-order valence-electron chi connectivity index (χ4n) is 0.962. The fourth-order valence-corrected chi connectivity index (χ4v) is 1.64. The average Bonchev–Trinajstić information content (AvgIpc) is 2.16. The number of carbonyl (C=O) groups excluding carboxylic acids is 1. The predicted molar refractivity (Wildman–Crippen MR) is 50.6 cm³/mol. The van der Waals surface area contributed by atoms with Crippen LogP contribution in [0.1, 0.15) is 10.4 Å². The molecule has 0 saturated heterocycles. The topological polar surface area (TPSA) is 51.2 Å². The highest BCUT2D eigenvalue weighted by Crippen LogP contribution is 2.24. The lowest BCUT2D eigenvalue weighted by Crippen LogP contribution is -2.30. The minimum Gasteiger partial charge on any atom is -0.293 e. The third-order valence-corrected chi connectivity index (χ3v) is 3.12. The van der Waals surface area contributed by atoms with E-state index in [1.54, 1.807) is 6.07 Å². The summed E-state index contributed by atoms with van der Waals surface area (Å²) in [7, 11) is -5.39.